The van der Waals surface area contributed by atoms with Crippen LogP contribution in [0.4, 0.5) is 0 Å². The van der Waals surface area contributed by atoms with Crippen LogP contribution in [0, 0.1) is 0 Å². The zero-order chi connectivity index (χ0) is 11.4. The van der Waals surface area contributed by atoms with Gasteiger partial charge in [-0.3, -0.25) is 4.90 Å². The summed E-state index contributed by atoms with van der Waals surface area (Å²) in [6, 6.07) is 2.29. The lowest BCUT2D eigenvalue weighted by Crippen LogP contribution is -2.24. The molecule has 0 spiro atoms. The van der Waals surface area contributed by atoms with E-state index in [1.807, 2.05) is 0 Å². The maximum atomic E-state index is 5.76. The van der Waals surface area contributed by atoms with Crippen LogP contribution in [0.2, 0.25) is 0 Å². The molecule has 0 aromatic carbocycles. The first-order chi connectivity index (χ1) is 7.85. The van der Waals surface area contributed by atoms with E-state index in [1.54, 1.807) is 5.69 Å². The minimum atomic E-state index is 0.777. The molecule has 3 heteroatoms. The third-order valence-corrected chi connectivity index (χ3v) is 3.67. The molecule has 2 nitrogen and oxygen atoms in total. The Labute approximate surface area is 103 Å². The maximum absolute atomic E-state index is 5.76. The molecule has 0 saturated carbocycles. The minimum absolute atomic E-state index is 0.777. The van der Waals surface area contributed by atoms with E-state index in [1.165, 1.54) is 24.9 Å². The predicted octanol–water partition coefficient (Wildman–Crippen LogP) is 2.89. The topological polar surface area (TPSA) is 8.17 Å². The quantitative estimate of drug-likeness (QED) is 0.735. The van der Waals surface area contributed by atoms with Crippen molar-refractivity contribution < 1.29 is 0 Å². The number of rotatable bonds is 4. The molecule has 1 aromatic rings. The standard InChI is InChI=1S/C13H21ClN2/c1-2-16-10-6-12-11-15(9-4-7-14)8-3-5-13(12)16/h6,10H,2-5,7-9,11H2,1H3. The molecule has 0 unspecified atom stereocenters. The van der Waals surface area contributed by atoms with Gasteiger partial charge >= 0.3 is 0 Å². The van der Waals surface area contributed by atoms with E-state index in [-0.39, 0.29) is 0 Å². The zero-order valence-corrected chi connectivity index (χ0v) is 10.8. The van der Waals surface area contributed by atoms with Crippen LogP contribution in [0.25, 0.3) is 0 Å². The molecule has 2 heterocycles. The van der Waals surface area contributed by atoms with Gasteiger partial charge in [-0.15, -0.1) is 11.6 Å². The molecule has 90 valence electrons. The molecule has 0 fully saturated rings. The SMILES string of the molecule is CCn1ccc2c1CCCN(CCCCl)C2. The van der Waals surface area contributed by atoms with Crippen molar-refractivity contribution in [2.75, 3.05) is 19.0 Å². The van der Waals surface area contributed by atoms with E-state index in [9.17, 15) is 0 Å². The fourth-order valence-corrected chi connectivity index (χ4v) is 2.68. The van der Waals surface area contributed by atoms with Crippen LogP contribution < -0.4 is 0 Å². The van der Waals surface area contributed by atoms with Crippen molar-refractivity contribution in [1.29, 1.82) is 0 Å². The van der Waals surface area contributed by atoms with Crippen molar-refractivity contribution in [2.24, 2.45) is 0 Å². The van der Waals surface area contributed by atoms with Crippen LogP contribution in [0.3, 0.4) is 0 Å². The second-order valence-electron chi connectivity index (χ2n) is 4.50. The fraction of sp³-hybridized carbons (Fsp3) is 0.692. The minimum Gasteiger partial charge on any atom is -0.351 e. The predicted molar refractivity (Wildman–Crippen MR) is 69.0 cm³/mol. The van der Waals surface area contributed by atoms with Crippen LogP contribution >= 0.6 is 11.6 Å². The number of hydrogen-bond donors (Lipinski definition) is 0. The van der Waals surface area contributed by atoms with E-state index in [2.05, 4.69) is 28.7 Å². The highest BCUT2D eigenvalue weighted by molar-refractivity contribution is 6.17. The van der Waals surface area contributed by atoms with Crippen molar-refractivity contribution >= 4 is 11.6 Å². The molecular weight excluding hydrogens is 220 g/mol. The number of halogens is 1. The molecule has 0 atom stereocenters. The van der Waals surface area contributed by atoms with Gasteiger partial charge in [0.15, 0.2) is 0 Å². The second kappa shape index (κ2) is 5.74. The summed E-state index contributed by atoms with van der Waals surface area (Å²) in [6.45, 7) is 6.78. The molecular formula is C13H21ClN2. The first-order valence-corrected chi connectivity index (χ1v) is 6.83. The summed E-state index contributed by atoms with van der Waals surface area (Å²) in [4.78, 5) is 2.54. The van der Waals surface area contributed by atoms with Gasteiger partial charge in [-0.05, 0) is 50.9 Å². The van der Waals surface area contributed by atoms with Crippen molar-refractivity contribution in [3.05, 3.63) is 23.5 Å². The van der Waals surface area contributed by atoms with Crippen molar-refractivity contribution in [3.63, 3.8) is 0 Å². The average Bonchev–Trinajstić information content (AvgIpc) is 2.57. The van der Waals surface area contributed by atoms with Gasteiger partial charge < -0.3 is 4.57 Å². The van der Waals surface area contributed by atoms with Crippen molar-refractivity contribution in [1.82, 2.24) is 9.47 Å². The molecule has 0 saturated heterocycles. The summed E-state index contributed by atoms with van der Waals surface area (Å²) < 4.78 is 2.39. The molecule has 16 heavy (non-hydrogen) atoms. The monoisotopic (exact) mass is 240 g/mol. The molecule has 1 aliphatic heterocycles. The van der Waals surface area contributed by atoms with E-state index >= 15 is 0 Å². The van der Waals surface area contributed by atoms with Crippen LogP contribution in [0.5, 0.6) is 0 Å². The highest BCUT2D eigenvalue weighted by atomic mass is 35.5. The molecule has 0 radical (unpaired) electrons. The third-order valence-electron chi connectivity index (χ3n) is 3.40. The van der Waals surface area contributed by atoms with E-state index in [0.717, 1.165) is 31.9 Å². The Hall–Kier alpha value is -0.470. The van der Waals surface area contributed by atoms with Gasteiger partial charge in [-0.1, -0.05) is 0 Å². The lowest BCUT2D eigenvalue weighted by molar-refractivity contribution is 0.271. The van der Waals surface area contributed by atoms with Crippen LogP contribution in [0.15, 0.2) is 12.3 Å². The maximum Gasteiger partial charge on any atom is 0.0251 e. The highest BCUT2D eigenvalue weighted by Gasteiger charge is 2.16. The van der Waals surface area contributed by atoms with E-state index < -0.39 is 0 Å². The summed E-state index contributed by atoms with van der Waals surface area (Å²) in [5.41, 5.74) is 3.07. The first-order valence-electron chi connectivity index (χ1n) is 6.30. The Morgan fingerprint density at radius 1 is 1.44 bits per heavy atom. The van der Waals surface area contributed by atoms with Crippen LogP contribution in [-0.4, -0.2) is 28.4 Å². The van der Waals surface area contributed by atoms with Gasteiger partial charge in [0, 0.05) is 30.9 Å². The molecule has 0 bridgehead atoms. The summed E-state index contributed by atoms with van der Waals surface area (Å²) >= 11 is 5.76. The lowest BCUT2D eigenvalue weighted by Gasteiger charge is -2.18. The molecule has 0 amide bonds. The normalized spacial score (nSPS) is 17.1. The van der Waals surface area contributed by atoms with E-state index in [4.69, 9.17) is 11.6 Å². The Balaban J connectivity index is 2.06. The molecule has 2 rings (SSSR count). The lowest BCUT2D eigenvalue weighted by atomic mass is 10.2. The summed E-state index contributed by atoms with van der Waals surface area (Å²) in [7, 11) is 0. The largest absolute Gasteiger partial charge is 0.351 e. The Morgan fingerprint density at radius 2 is 2.31 bits per heavy atom. The number of nitrogens with zero attached hydrogens (tertiary/aromatic N) is 2. The Morgan fingerprint density at radius 3 is 3.06 bits per heavy atom. The first kappa shape index (κ1) is 12.0. The fourth-order valence-electron chi connectivity index (χ4n) is 2.56. The summed E-state index contributed by atoms with van der Waals surface area (Å²) in [6.07, 6.45) is 5.84. The zero-order valence-electron chi connectivity index (χ0n) is 10.1. The highest BCUT2D eigenvalue weighted by Crippen LogP contribution is 2.20. The Kier molecular flexibility index (Phi) is 4.30. The van der Waals surface area contributed by atoms with Gasteiger partial charge in [-0.2, -0.15) is 0 Å². The molecule has 1 aromatic heterocycles. The van der Waals surface area contributed by atoms with Gasteiger partial charge in [0.05, 0.1) is 0 Å². The van der Waals surface area contributed by atoms with Gasteiger partial charge in [0.1, 0.15) is 0 Å². The van der Waals surface area contributed by atoms with Crippen molar-refractivity contribution in [2.45, 2.75) is 39.3 Å². The van der Waals surface area contributed by atoms with Gasteiger partial charge in [-0.25, -0.2) is 0 Å². The van der Waals surface area contributed by atoms with E-state index in [0.29, 0.717) is 0 Å². The van der Waals surface area contributed by atoms with Crippen LogP contribution in [0.1, 0.15) is 31.0 Å². The number of aryl methyl sites for hydroxylation is 1. The Bertz CT molecular complexity index is 333. The average molecular weight is 241 g/mol. The van der Waals surface area contributed by atoms with Gasteiger partial charge in [0.2, 0.25) is 0 Å². The number of aromatic nitrogens is 1. The number of hydrogen-bond acceptors (Lipinski definition) is 1. The van der Waals surface area contributed by atoms with Crippen LogP contribution in [-0.2, 0) is 19.5 Å². The smallest absolute Gasteiger partial charge is 0.0251 e. The molecule has 0 aliphatic carbocycles. The number of alkyl halides is 1. The molecule has 1 aliphatic rings. The molecule has 0 N–H and O–H groups in total. The summed E-state index contributed by atoms with van der Waals surface area (Å²) in [5, 5.41) is 0. The number of fused-ring (bicyclic) bond motifs is 1. The third kappa shape index (κ3) is 2.61. The second-order valence-corrected chi connectivity index (χ2v) is 4.87. The summed E-state index contributed by atoms with van der Waals surface area (Å²) in [5.74, 6) is 0.777. The van der Waals surface area contributed by atoms with Gasteiger partial charge in [0.25, 0.3) is 0 Å². The van der Waals surface area contributed by atoms with Crippen molar-refractivity contribution in [3.8, 4) is 0 Å².